The molecule has 2 rings (SSSR count). The number of hydrogen-bond donors (Lipinski definition) is 2. The van der Waals surface area contributed by atoms with Crippen LogP contribution in [0.2, 0.25) is 0 Å². The van der Waals surface area contributed by atoms with E-state index in [-0.39, 0.29) is 5.69 Å². The van der Waals surface area contributed by atoms with Gasteiger partial charge in [-0.05, 0) is 31.5 Å². The van der Waals surface area contributed by atoms with Gasteiger partial charge in [-0.2, -0.15) is 0 Å². The maximum Gasteiger partial charge on any atom is 0.326 e. The molecule has 0 atom stereocenters. The van der Waals surface area contributed by atoms with Crippen LogP contribution < -0.4 is 16.1 Å². The molecule has 0 saturated carbocycles. The van der Waals surface area contributed by atoms with Crippen LogP contribution in [0.3, 0.4) is 0 Å². The molecule has 1 aromatic heterocycles. The fourth-order valence-corrected chi connectivity index (χ4v) is 1.97. The first-order chi connectivity index (χ1) is 9.51. The van der Waals surface area contributed by atoms with Gasteiger partial charge in [0.05, 0.1) is 0 Å². The van der Waals surface area contributed by atoms with Crippen LogP contribution in [-0.2, 0) is 0 Å². The lowest BCUT2D eigenvalue weighted by Crippen LogP contribution is -2.35. The van der Waals surface area contributed by atoms with Crippen LogP contribution in [0, 0.1) is 6.92 Å². The van der Waals surface area contributed by atoms with Crippen LogP contribution in [0.1, 0.15) is 23.0 Å². The second-order valence-electron chi connectivity index (χ2n) is 4.39. The van der Waals surface area contributed by atoms with Gasteiger partial charge >= 0.3 is 5.69 Å². The van der Waals surface area contributed by atoms with Crippen LogP contribution >= 0.6 is 0 Å². The summed E-state index contributed by atoms with van der Waals surface area (Å²) in [6.07, 6.45) is 0. The van der Waals surface area contributed by atoms with Crippen molar-refractivity contribution in [1.29, 1.82) is 0 Å². The number of aromatic nitrogens is 2. The standard InChI is InChI=1S/C14H15N3O3/c1-3-17(10-6-4-5-9(2)7-10)13(19)11-8-12(18)16-14(20)15-11/h4-8H,3H2,1-2H3,(H2,15,16,18,20). The molecule has 6 nitrogen and oxygen atoms in total. The number of nitrogens with one attached hydrogen (secondary N) is 2. The second-order valence-corrected chi connectivity index (χ2v) is 4.39. The van der Waals surface area contributed by atoms with Crippen molar-refractivity contribution >= 4 is 11.6 Å². The number of aryl methyl sites for hydroxylation is 1. The summed E-state index contributed by atoms with van der Waals surface area (Å²) in [5, 5.41) is 0. The predicted octanol–water partition coefficient (Wildman–Crippen LogP) is 1.04. The Labute approximate surface area is 115 Å². The highest BCUT2D eigenvalue weighted by atomic mass is 16.2. The number of carbonyl (C=O) groups is 1. The summed E-state index contributed by atoms with van der Waals surface area (Å²) in [4.78, 5) is 40.8. The Hall–Kier alpha value is -2.63. The first-order valence-corrected chi connectivity index (χ1v) is 6.23. The summed E-state index contributed by atoms with van der Waals surface area (Å²) >= 11 is 0. The van der Waals surface area contributed by atoms with Crippen molar-refractivity contribution < 1.29 is 4.79 Å². The van der Waals surface area contributed by atoms with Crippen molar-refractivity contribution in [3.8, 4) is 0 Å². The second kappa shape index (κ2) is 5.56. The van der Waals surface area contributed by atoms with Crippen LogP contribution in [0.25, 0.3) is 0 Å². The molecule has 1 aromatic carbocycles. The molecule has 6 heteroatoms. The number of anilines is 1. The van der Waals surface area contributed by atoms with Gasteiger partial charge in [-0.3, -0.25) is 14.6 Å². The van der Waals surface area contributed by atoms with E-state index in [4.69, 9.17) is 0 Å². The van der Waals surface area contributed by atoms with Crippen LogP contribution in [-0.4, -0.2) is 22.4 Å². The lowest BCUT2D eigenvalue weighted by molar-refractivity contribution is 0.0983. The summed E-state index contributed by atoms with van der Waals surface area (Å²) in [5.41, 5.74) is 0.424. The van der Waals surface area contributed by atoms with Gasteiger partial charge in [-0.1, -0.05) is 12.1 Å². The minimum absolute atomic E-state index is 0.0258. The Kier molecular flexibility index (Phi) is 3.84. The van der Waals surface area contributed by atoms with E-state index in [0.29, 0.717) is 6.54 Å². The van der Waals surface area contributed by atoms with Gasteiger partial charge in [0, 0.05) is 18.3 Å². The molecule has 0 fully saturated rings. The van der Waals surface area contributed by atoms with Gasteiger partial charge in [-0.25, -0.2) is 4.79 Å². The van der Waals surface area contributed by atoms with Crippen molar-refractivity contribution in [3.63, 3.8) is 0 Å². The summed E-state index contributed by atoms with van der Waals surface area (Å²) in [7, 11) is 0. The lowest BCUT2D eigenvalue weighted by Gasteiger charge is -2.21. The van der Waals surface area contributed by atoms with Gasteiger partial charge in [0.1, 0.15) is 5.69 Å². The zero-order valence-corrected chi connectivity index (χ0v) is 11.3. The zero-order valence-electron chi connectivity index (χ0n) is 11.3. The molecule has 0 bridgehead atoms. The third-order valence-corrected chi connectivity index (χ3v) is 2.87. The van der Waals surface area contributed by atoms with E-state index < -0.39 is 17.2 Å². The highest BCUT2D eigenvalue weighted by molar-refractivity contribution is 6.04. The average Bonchev–Trinajstić information content (AvgIpc) is 2.38. The highest BCUT2D eigenvalue weighted by Gasteiger charge is 2.17. The fraction of sp³-hybridized carbons (Fsp3) is 0.214. The topological polar surface area (TPSA) is 86.0 Å². The molecule has 0 saturated heterocycles. The molecular formula is C14H15N3O3. The van der Waals surface area contributed by atoms with E-state index in [1.165, 1.54) is 4.90 Å². The Morgan fingerprint density at radius 1 is 1.20 bits per heavy atom. The number of rotatable bonds is 3. The lowest BCUT2D eigenvalue weighted by atomic mass is 10.2. The maximum absolute atomic E-state index is 12.4. The number of benzene rings is 1. The molecule has 20 heavy (non-hydrogen) atoms. The SMILES string of the molecule is CCN(C(=O)c1cc(=O)[nH]c(=O)[nH]1)c1cccc(C)c1. The van der Waals surface area contributed by atoms with Crippen molar-refractivity contribution in [2.24, 2.45) is 0 Å². The number of amides is 1. The third kappa shape index (κ3) is 2.85. The quantitative estimate of drug-likeness (QED) is 0.876. The smallest absolute Gasteiger partial charge is 0.307 e. The van der Waals surface area contributed by atoms with E-state index in [2.05, 4.69) is 4.98 Å². The maximum atomic E-state index is 12.4. The molecule has 1 amide bonds. The Balaban J connectivity index is 2.44. The molecular weight excluding hydrogens is 258 g/mol. The highest BCUT2D eigenvalue weighted by Crippen LogP contribution is 2.17. The van der Waals surface area contributed by atoms with Gasteiger partial charge in [-0.15, -0.1) is 0 Å². The molecule has 0 spiro atoms. The Morgan fingerprint density at radius 3 is 2.55 bits per heavy atom. The van der Waals surface area contributed by atoms with Gasteiger partial charge in [0.15, 0.2) is 0 Å². The van der Waals surface area contributed by atoms with Gasteiger partial charge < -0.3 is 9.88 Å². The van der Waals surface area contributed by atoms with Crippen molar-refractivity contribution in [3.05, 3.63) is 62.4 Å². The number of aromatic amines is 2. The van der Waals surface area contributed by atoms with E-state index in [0.717, 1.165) is 17.3 Å². The number of nitrogens with zero attached hydrogens (tertiary/aromatic N) is 1. The summed E-state index contributed by atoms with van der Waals surface area (Å²) in [5.74, 6) is -0.415. The van der Waals surface area contributed by atoms with E-state index in [1.807, 2.05) is 37.0 Å². The third-order valence-electron chi connectivity index (χ3n) is 2.87. The van der Waals surface area contributed by atoms with Crippen LogP contribution in [0.5, 0.6) is 0 Å². The first-order valence-electron chi connectivity index (χ1n) is 6.23. The van der Waals surface area contributed by atoms with Crippen molar-refractivity contribution in [1.82, 2.24) is 9.97 Å². The molecule has 1 heterocycles. The van der Waals surface area contributed by atoms with Gasteiger partial charge in [0.25, 0.3) is 11.5 Å². The van der Waals surface area contributed by atoms with E-state index in [1.54, 1.807) is 6.07 Å². The van der Waals surface area contributed by atoms with E-state index in [9.17, 15) is 14.4 Å². The molecule has 0 aliphatic rings. The Bertz CT molecular complexity index is 717. The average molecular weight is 273 g/mol. The normalized spacial score (nSPS) is 10.3. The zero-order chi connectivity index (χ0) is 14.7. The summed E-state index contributed by atoms with van der Waals surface area (Å²) in [6.45, 7) is 4.18. The first kappa shape index (κ1) is 13.8. The molecule has 0 aliphatic carbocycles. The van der Waals surface area contributed by atoms with E-state index >= 15 is 0 Å². The largest absolute Gasteiger partial charge is 0.326 e. The number of carbonyl (C=O) groups excluding carboxylic acids is 1. The summed E-state index contributed by atoms with van der Waals surface area (Å²) in [6, 6.07) is 8.53. The number of H-pyrrole nitrogens is 2. The minimum atomic E-state index is -0.693. The molecule has 2 N–H and O–H groups in total. The van der Waals surface area contributed by atoms with Crippen molar-refractivity contribution in [2.45, 2.75) is 13.8 Å². The monoisotopic (exact) mass is 273 g/mol. The molecule has 2 aromatic rings. The van der Waals surface area contributed by atoms with Crippen LogP contribution in [0.4, 0.5) is 5.69 Å². The number of hydrogen-bond acceptors (Lipinski definition) is 3. The fourth-order valence-electron chi connectivity index (χ4n) is 1.97. The van der Waals surface area contributed by atoms with Crippen LogP contribution in [0.15, 0.2) is 39.9 Å². The summed E-state index contributed by atoms with van der Waals surface area (Å²) < 4.78 is 0. The van der Waals surface area contributed by atoms with Gasteiger partial charge in [0.2, 0.25) is 0 Å². The minimum Gasteiger partial charge on any atom is -0.307 e. The molecule has 0 unspecified atom stereocenters. The molecule has 104 valence electrons. The predicted molar refractivity (Wildman–Crippen MR) is 76.2 cm³/mol. The molecule has 0 aliphatic heterocycles. The Morgan fingerprint density at radius 2 is 1.95 bits per heavy atom. The van der Waals surface area contributed by atoms with Crippen molar-refractivity contribution in [2.75, 3.05) is 11.4 Å². The molecule has 0 radical (unpaired) electrons.